The first-order valence-corrected chi connectivity index (χ1v) is 5.49. The third-order valence-electron chi connectivity index (χ3n) is 1.79. The highest BCUT2D eigenvalue weighted by atomic mass is 79.9. The number of hydrogen-bond donors (Lipinski definition) is 0. The number of nitriles is 1. The second-order valence-electron chi connectivity index (χ2n) is 2.93. The Morgan fingerprint density at radius 3 is 3.00 bits per heavy atom. The maximum Gasteiger partial charge on any atom is 0.143 e. The van der Waals surface area contributed by atoms with E-state index in [1.807, 2.05) is 25.1 Å². The third-order valence-corrected chi connectivity index (χ3v) is 2.25. The van der Waals surface area contributed by atoms with Gasteiger partial charge in [0.1, 0.15) is 11.8 Å². The molecule has 14 heavy (non-hydrogen) atoms. The Kier molecular flexibility index (Phi) is 4.34. The van der Waals surface area contributed by atoms with Gasteiger partial charge in [-0.1, -0.05) is 28.1 Å². The van der Waals surface area contributed by atoms with Crippen LogP contribution in [-0.2, 0) is 0 Å². The van der Waals surface area contributed by atoms with Crippen LogP contribution >= 0.6 is 15.9 Å². The van der Waals surface area contributed by atoms with Crippen LogP contribution in [-0.4, -0.2) is 10.3 Å². The number of aryl methyl sites for hydroxylation is 1. The number of alkyl halides is 1. The molecule has 0 fully saturated rings. The molecule has 0 saturated carbocycles. The van der Waals surface area contributed by atoms with Crippen molar-refractivity contribution >= 4 is 22.0 Å². The number of hydrogen-bond acceptors (Lipinski definition) is 2. The van der Waals surface area contributed by atoms with Gasteiger partial charge in [-0.15, -0.1) is 0 Å². The van der Waals surface area contributed by atoms with Crippen molar-refractivity contribution in [3.8, 4) is 6.07 Å². The summed E-state index contributed by atoms with van der Waals surface area (Å²) >= 11 is 3.35. The van der Waals surface area contributed by atoms with Gasteiger partial charge >= 0.3 is 0 Å². The van der Waals surface area contributed by atoms with Crippen LogP contribution in [0.25, 0.3) is 6.08 Å². The van der Waals surface area contributed by atoms with Crippen molar-refractivity contribution in [1.29, 1.82) is 5.26 Å². The van der Waals surface area contributed by atoms with Crippen LogP contribution in [0.15, 0.2) is 18.3 Å². The van der Waals surface area contributed by atoms with E-state index in [0.717, 1.165) is 22.9 Å². The highest BCUT2D eigenvalue weighted by molar-refractivity contribution is 9.09. The van der Waals surface area contributed by atoms with Crippen LogP contribution in [0.3, 0.4) is 0 Å². The van der Waals surface area contributed by atoms with E-state index in [1.165, 1.54) is 0 Å². The Morgan fingerprint density at radius 1 is 1.64 bits per heavy atom. The highest BCUT2D eigenvalue weighted by Gasteiger charge is 1.97. The molecule has 72 valence electrons. The van der Waals surface area contributed by atoms with Crippen LogP contribution in [0.2, 0.25) is 0 Å². The van der Waals surface area contributed by atoms with E-state index in [-0.39, 0.29) is 0 Å². The Balaban J connectivity index is 2.82. The fraction of sp³-hybridized carbons (Fsp3) is 0.273. The lowest BCUT2D eigenvalue weighted by Crippen LogP contribution is -1.88. The molecule has 1 aromatic rings. The van der Waals surface area contributed by atoms with Crippen molar-refractivity contribution in [1.82, 2.24) is 4.98 Å². The van der Waals surface area contributed by atoms with Crippen molar-refractivity contribution in [3.05, 3.63) is 35.2 Å². The number of nitrogens with zero attached hydrogens (tertiary/aromatic N) is 2. The molecule has 1 aromatic heterocycles. The van der Waals surface area contributed by atoms with Crippen LogP contribution in [0, 0.1) is 18.3 Å². The topological polar surface area (TPSA) is 36.7 Å². The average molecular weight is 251 g/mol. The second-order valence-corrected chi connectivity index (χ2v) is 3.72. The summed E-state index contributed by atoms with van der Waals surface area (Å²) in [6, 6.07) is 4.02. The normalized spacial score (nSPS) is 10.4. The number of allylic oxidation sites excluding steroid dienone is 1. The van der Waals surface area contributed by atoms with Gasteiger partial charge in [0.15, 0.2) is 0 Å². The summed E-state index contributed by atoms with van der Waals surface area (Å²) in [5.74, 6) is 0. The summed E-state index contributed by atoms with van der Waals surface area (Å²) < 4.78 is 0. The first-order valence-electron chi connectivity index (χ1n) is 4.37. The van der Waals surface area contributed by atoms with Crippen LogP contribution in [0.4, 0.5) is 0 Å². The smallest absolute Gasteiger partial charge is 0.143 e. The average Bonchev–Trinajstić information content (AvgIpc) is 2.18. The van der Waals surface area contributed by atoms with E-state index in [4.69, 9.17) is 5.26 Å². The summed E-state index contributed by atoms with van der Waals surface area (Å²) in [6.07, 6.45) is 6.81. The predicted molar refractivity (Wildman–Crippen MR) is 61.1 cm³/mol. The zero-order valence-electron chi connectivity index (χ0n) is 8.00. The number of halogens is 1. The van der Waals surface area contributed by atoms with Gasteiger partial charge in [-0.25, -0.2) is 4.98 Å². The van der Waals surface area contributed by atoms with Gasteiger partial charge in [-0.05, 0) is 30.5 Å². The molecular weight excluding hydrogens is 240 g/mol. The molecule has 0 spiro atoms. The number of rotatable bonds is 3. The Hall–Kier alpha value is -1.14. The maximum absolute atomic E-state index is 8.69. The van der Waals surface area contributed by atoms with E-state index in [2.05, 4.69) is 27.0 Å². The van der Waals surface area contributed by atoms with Gasteiger partial charge in [0, 0.05) is 11.5 Å². The fourth-order valence-corrected chi connectivity index (χ4v) is 1.35. The molecule has 0 aliphatic heterocycles. The van der Waals surface area contributed by atoms with Crippen molar-refractivity contribution in [3.63, 3.8) is 0 Å². The predicted octanol–water partition coefficient (Wildman–Crippen LogP) is 3.06. The number of aromatic nitrogens is 1. The maximum atomic E-state index is 8.69. The molecule has 0 saturated heterocycles. The lowest BCUT2D eigenvalue weighted by atomic mass is 10.1. The molecule has 0 aromatic carbocycles. The summed E-state index contributed by atoms with van der Waals surface area (Å²) in [6.45, 7) is 1.90. The summed E-state index contributed by atoms with van der Waals surface area (Å²) in [5.41, 5.74) is 2.47. The summed E-state index contributed by atoms with van der Waals surface area (Å²) in [7, 11) is 0. The molecule has 2 nitrogen and oxygen atoms in total. The molecule has 1 rings (SSSR count). The fourth-order valence-electron chi connectivity index (χ4n) is 1.09. The van der Waals surface area contributed by atoms with Gasteiger partial charge in [0.05, 0.1) is 0 Å². The molecule has 3 heteroatoms. The first-order chi connectivity index (χ1) is 6.77. The zero-order chi connectivity index (χ0) is 10.4. The highest BCUT2D eigenvalue weighted by Crippen LogP contribution is 2.08. The van der Waals surface area contributed by atoms with Crippen molar-refractivity contribution in [2.45, 2.75) is 13.3 Å². The summed E-state index contributed by atoms with van der Waals surface area (Å²) in [4.78, 5) is 4.05. The molecule has 1 heterocycles. The van der Waals surface area contributed by atoms with Gasteiger partial charge in [-0.3, -0.25) is 0 Å². The van der Waals surface area contributed by atoms with Crippen molar-refractivity contribution in [2.24, 2.45) is 0 Å². The van der Waals surface area contributed by atoms with Gasteiger partial charge in [0.25, 0.3) is 0 Å². The largest absolute Gasteiger partial charge is 0.245 e. The zero-order valence-corrected chi connectivity index (χ0v) is 9.58. The Labute approximate surface area is 92.4 Å². The van der Waals surface area contributed by atoms with E-state index >= 15 is 0 Å². The van der Waals surface area contributed by atoms with Gasteiger partial charge in [-0.2, -0.15) is 5.26 Å². The van der Waals surface area contributed by atoms with Crippen molar-refractivity contribution < 1.29 is 0 Å². The monoisotopic (exact) mass is 250 g/mol. The van der Waals surface area contributed by atoms with E-state index < -0.39 is 0 Å². The Morgan fingerprint density at radius 2 is 2.43 bits per heavy atom. The SMILES string of the molecule is Cc1cc(C=CCCBr)cnc1C#N. The Bertz CT molecular complexity index is 377. The van der Waals surface area contributed by atoms with E-state index in [9.17, 15) is 0 Å². The van der Waals surface area contributed by atoms with Crippen LogP contribution in [0.5, 0.6) is 0 Å². The minimum absolute atomic E-state index is 0.502. The molecule has 0 bridgehead atoms. The molecule has 0 amide bonds. The van der Waals surface area contributed by atoms with E-state index in [1.54, 1.807) is 6.20 Å². The van der Waals surface area contributed by atoms with Gasteiger partial charge < -0.3 is 0 Å². The van der Waals surface area contributed by atoms with Crippen LogP contribution in [0.1, 0.15) is 23.2 Å². The molecular formula is C11H11BrN2. The van der Waals surface area contributed by atoms with Crippen molar-refractivity contribution in [2.75, 3.05) is 5.33 Å². The molecule has 0 aliphatic rings. The molecule has 0 N–H and O–H groups in total. The van der Waals surface area contributed by atoms with Gasteiger partial charge in [0.2, 0.25) is 0 Å². The van der Waals surface area contributed by atoms with Crippen LogP contribution < -0.4 is 0 Å². The lowest BCUT2D eigenvalue weighted by Gasteiger charge is -1.97. The standard InChI is InChI=1S/C11H11BrN2/c1-9-6-10(4-2-3-5-12)8-14-11(9)7-13/h2,4,6,8H,3,5H2,1H3. The third kappa shape index (κ3) is 2.97. The molecule has 0 atom stereocenters. The summed E-state index contributed by atoms with van der Waals surface area (Å²) in [5, 5.41) is 9.65. The number of pyridine rings is 1. The second kappa shape index (κ2) is 5.56. The minimum atomic E-state index is 0.502. The van der Waals surface area contributed by atoms with E-state index in [0.29, 0.717) is 5.69 Å². The quantitative estimate of drug-likeness (QED) is 0.774. The lowest BCUT2D eigenvalue weighted by molar-refractivity contribution is 1.20. The molecule has 0 radical (unpaired) electrons. The molecule has 0 aliphatic carbocycles. The molecule has 0 unspecified atom stereocenters. The first kappa shape index (κ1) is 10.9. The minimum Gasteiger partial charge on any atom is -0.245 e.